The van der Waals surface area contributed by atoms with Gasteiger partial charge < -0.3 is 10.6 Å². The van der Waals surface area contributed by atoms with Crippen LogP contribution < -0.4 is 10.6 Å². The number of nitrogens with two attached hydrogens (primary N) is 1. The summed E-state index contributed by atoms with van der Waals surface area (Å²) in [6, 6.07) is 8.25. The summed E-state index contributed by atoms with van der Waals surface area (Å²) in [6.45, 7) is 1.31. The van der Waals surface area contributed by atoms with E-state index in [0.717, 1.165) is 5.69 Å². The molecule has 0 spiro atoms. The van der Waals surface area contributed by atoms with Gasteiger partial charge in [0.15, 0.2) is 0 Å². The maximum absolute atomic E-state index is 12.3. The zero-order valence-corrected chi connectivity index (χ0v) is 10.7. The molecule has 4 heteroatoms. The van der Waals surface area contributed by atoms with Gasteiger partial charge in [-0.15, -0.1) is 0 Å². The molecule has 3 rings (SSSR count). The molecule has 1 saturated carbocycles. The number of fused-ring (bicyclic) bond motifs is 1. The van der Waals surface area contributed by atoms with E-state index in [9.17, 15) is 4.79 Å². The third kappa shape index (κ3) is 1.97. The van der Waals surface area contributed by atoms with E-state index < -0.39 is 0 Å². The molecule has 1 aromatic rings. The van der Waals surface area contributed by atoms with Crippen LogP contribution in [0.4, 0.5) is 10.5 Å². The quantitative estimate of drug-likeness (QED) is 0.882. The van der Waals surface area contributed by atoms with Crippen molar-refractivity contribution in [3.8, 4) is 0 Å². The predicted octanol–water partition coefficient (Wildman–Crippen LogP) is 1.80. The van der Waals surface area contributed by atoms with Gasteiger partial charge in [-0.25, -0.2) is 4.79 Å². The van der Waals surface area contributed by atoms with Crippen LogP contribution in [0.25, 0.3) is 0 Å². The molecule has 18 heavy (non-hydrogen) atoms. The van der Waals surface area contributed by atoms with E-state index in [1.54, 1.807) is 4.90 Å². The summed E-state index contributed by atoms with van der Waals surface area (Å²) < 4.78 is 0. The first-order chi connectivity index (χ1) is 8.66. The van der Waals surface area contributed by atoms with E-state index in [2.05, 4.69) is 6.07 Å². The Kier molecular flexibility index (Phi) is 2.74. The van der Waals surface area contributed by atoms with Crippen molar-refractivity contribution >= 4 is 11.7 Å². The Morgan fingerprint density at radius 3 is 2.83 bits per heavy atom. The molecule has 1 fully saturated rings. The highest BCUT2D eigenvalue weighted by Crippen LogP contribution is 2.34. The van der Waals surface area contributed by atoms with Gasteiger partial charge in [0.2, 0.25) is 0 Å². The van der Waals surface area contributed by atoms with Crippen molar-refractivity contribution < 1.29 is 4.79 Å². The lowest BCUT2D eigenvalue weighted by molar-refractivity contribution is 0.209. The van der Waals surface area contributed by atoms with Crippen molar-refractivity contribution in [2.24, 2.45) is 11.7 Å². The number of anilines is 1. The fraction of sp³-hybridized carbons (Fsp3) is 0.500. The maximum Gasteiger partial charge on any atom is 0.324 e. The van der Waals surface area contributed by atoms with Crippen LogP contribution in [-0.4, -0.2) is 30.6 Å². The average molecular weight is 245 g/mol. The van der Waals surface area contributed by atoms with E-state index in [4.69, 9.17) is 5.73 Å². The Morgan fingerprint density at radius 1 is 1.39 bits per heavy atom. The summed E-state index contributed by atoms with van der Waals surface area (Å²) in [5, 5.41) is 0. The number of rotatable bonds is 3. The molecule has 0 saturated heterocycles. The van der Waals surface area contributed by atoms with Crippen molar-refractivity contribution in [2.45, 2.75) is 25.4 Å². The molecule has 1 unspecified atom stereocenters. The maximum atomic E-state index is 12.3. The highest BCUT2D eigenvalue weighted by Gasteiger charge is 2.34. The topological polar surface area (TPSA) is 49.6 Å². The van der Waals surface area contributed by atoms with Gasteiger partial charge in [-0.2, -0.15) is 0 Å². The molecule has 1 atom stereocenters. The van der Waals surface area contributed by atoms with Gasteiger partial charge in [-0.1, -0.05) is 18.2 Å². The van der Waals surface area contributed by atoms with Gasteiger partial charge in [0, 0.05) is 26.2 Å². The Morgan fingerprint density at radius 2 is 2.11 bits per heavy atom. The number of amides is 2. The number of nitrogens with zero attached hydrogens (tertiary/aromatic N) is 2. The average Bonchev–Trinajstić information content (AvgIpc) is 3.19. The predicted molar refractivity (Wildman–Crippen MR) is 71.4 cm³/mol. The fourth-order valence-electron chi connectivity index (χ4n) is 2.60. The highest BCUT2D eigenvalue weighted by molar-refractivity contribution is 5.94. The van der Waals surface area contributed by atoms with Crippen LogP contribution in [0, 0.1) is 5.92 Å². The second kappa shape index (κ2) is 4.28. The lowest BCUT2D eigenvalue weighted by atomic mass is 10.1. The van der Waals surface area contributed by atoms with Crippen LogP contribution in [-0.2, 0) is 6.54 Å². The van der Waals surface area contributed by atoms with Crippen LogP contribution in [0.2, 0.25) is 0 Å². The lowest BCUT2D eigenvalue weighted by Gasteiger charge is -2.36. The van der Waals surface area contributed by atoms with E-state index in [0.29, 0.717) is 19.0 Å². The summed E-state index contributed by atoms with van der Waals surface area (Å²) in [5.41, 5.74) is 8.38. The normalized spacial score (nSPS) is 20.9. The molecule has 1 heterocycles. The van der Waals surface area contributed by atoms with E-state index in [1.807, 2.05) is 30.1 Å². The van der Waals surface area contributed by atoms with Crippen LogP contribution in [0.5, 0.6) is 0 Å². The molecular weight excluding hydrogens is 226 g/mol. The van der Waals surface area contributed by atoms with Gasteiger partial charge >= 0.3 is 6.03 Å². The molecule has 1 aliphatic carbocycles. The molecule has 2 N–H and O–H groups in total. The second-order valence-electron chi connectivity index (χ2n) is 5.38. The van der Waals surface area contributed by atoms with Crippen LogP contribution >= 0.6 is 0 Å². The molecule has 1 aromatic carbocycles. The first-order valence-corrected chi connectivity index (χ1v) is 6.53. The summed E-state index contributed by atoms with van der Waals surface area (Å²) >= 11 is 0. The molecule has 96 valence electrons. The summed E-state index contributed by atoms with van der Waals surface area (Å²) in [4.78, 5) is 15.8. The molecular formula is C14H19N3O. The Hall–Kier alpha value is -1.55. The fourth-order valence-corrected chi connectivity index (χ4v) is 2.60. The zero-order chi connectivity index (χ0) is 12.7. The van der Waals surface area contributed by atoms with Crippen LogP contribution in [0.15, 0.2) is 24.3 Å². The highest BCUT2D eigenvalue weighted by atomic mass is 16.2. The molecule has 4 nitrogen and oxygen atoms in total. The smallest absolute Gasteiger partial charge is 0.324 e. The van der Waals surface area contributed by atoms with E-state index in [1.165, 1.54) is 18.4 Å². The number of hydrogen-bond donors (Lipinski definition) is 1. The van der Waals surface area contributed by atoms with Gasteiger partial charge in [-0.05, 0) is 30.4 Å². The molecule has 0 bridgehead atoms. The summed E-state index contributed by atoms with van der Waals surface area (Å²) in [7, 11) is 1.84. The van der Waals surface area contributed by atoms with Crippen molar-refractivity contribution in [2.75, 3.05) is 18.5 Å². The first kappa shape index (κ1) is 11.5. The zero-order valence-electron chi connectivity index (χ0n) is 10.7. The van der Waals surface area contributed by atoms with E-state index >= 15 is 0 Å². The molecule has 1 aliphatic heterocycles. The SMILES string of the molecule is CN1Cc2ccccc2N(CC(N)C2CC2)C1=O. The van der Waals surface area contributed by atoms with Gasteiger partial charge in [0.1, 0.15) is 0 Å². The van der Waals surface area contributed by atoms with Crippen LogP contribution in [0.1, 0.15) is 18.4 Å². The molecule has 0 radical (unpaired) electrons. The van der Waals surface area contributed by atoms with Crippen LogP contribution in [0.3, 0.4) is 0 Å². The first-order valence-electron chi connectivity index (χ1n) is 6.53. The van der Waals surface area contributed by atoms with Gasteiger partial charge in [0.25, 0.3) is 0 Å². The third-order valence-corrected chi connectivity index (χ3v) is 3.87. The Balaban J connectivity index is 1.88. The molecule has 2 amide bonds. The number of para-hydroxylation sites is 1. The number of carbonyl (C=O) groups excluding carboxylic acids is 1. The molecule has 0 aromatic heterocycles. The summed E-state index contributed by atoms with van der Waals surface area (Å²) in [5.74, 6) is 0.609. The minimum absolute atomic E-state index is 0.0600. The summed E-state index contributed by atoms with van der Waals surface area (Å²) in [6.07, 6.45) is 2.42. The number of benzene rings is 1. The standard InChI is InChI=1S/C14H19N3O/c1-16-8-11-4-2-3-5-13(11)17(14(16)18)9-12(15)10-6-7-10/h2-5,10,12H,6-9,15H2,1H3. The van der Waals surface area contributed by atoms with Gasteiger partial charge in [0.05, 0.1) is 5.69 Å². The number of urea groups is 1. The number of carbonyl (C=O) groups is 1. The lowest BCUT2D eigenvalue weighted by Crippen LogP contribution is -2.50. The van der Waals surface area contributed by atoms with Crippen molar-refractivity contribution in [1.29, 1.82) is 0 Å². The van der Waals surface area contributed by atoms with Crippen molar-refractivity contribution in [3.63, 3.8) is 0 Å². The Bertz CT molecular complexity index is 470. The van der Waals surface area contributed by atoms with Gasteiger partial charge in [-0.3, -0.25) is 4.90 Å². The Labute approximate surface area is 107 Å². The second-order valence-corrected chi connectivity index (χ2v) is 5.38. The third-order valence-electron chi connectivity index (χ3n) is 3.87. The van der Waals surface area contributed by atoms with E-state index in [-0.39, 0.29) is 12.1 Å². The molecule has 2 aliphatic rings. The van der Waals surface area contributed by atoms with Crippen molar-refractivity contribution in [3.05, 3.63) is 29.8 Å². The largest absolute Gasteiger partial charge is 0.326 e. The number of hydrogen-bond acceptors (Lipinski definition) is 2. The minimum Gasteiger partial charge on any atom is -0.326 e. The monoisotopic (exact) mass is 245 g/mol. The van der Waals surface area contributed by atoms with Crippen molar-refractivity contribution in [1.82, 2.24) is 4.90 Å². The minimum atomic E-state index is 0.0600.